The Labute approximate surface area is 120 Å². The Morgan fingerprint density at radius 3 is 0.842 bits per heavy atom. The van der Waals surface area contributed by atoms with Crippen molar-refractivity contribution in [2.24, 2.45) is 11.8 Å². The van der Waals surface area contributed by atoms with Gasteiger partial charge in [-0.25, -0.2) is 0 Å². The van der Waals surface area contributed by atoms with Gasteiger partial charge < -0.3 is 0 Å². The van der Waals surface area contributed by atoms with Crippen LogP contribution in [0.5, 0.6) is 0 Å². The van der Waals surface area contributed by atoms with Gasteiger partial charge in [0.1, 0.15) is 0 Å². The Bertz CT molecular complexity index is 306. The van der Waals surface area contributed by atoms with Gasteiger partial charge in [-0.2, -0.15) is 0 Å². The summed E-state index contributed by atoms with van der Waals surface area (Å²) in [5, 5.41) is 0. The fourth-order valence-corrected chi connectivity index (χ4v) is 1.47. The summed E-state index contributed by atoms with van der Waals surface area (Å²) in [6, 6.07) is 0. The fourth-order valence-electron chi connectivity index (χ4n) is 1.47. The molecule has 0 saturated carbocycles. The number of hydrogen-bond acceptors (Lipinski definition) is 0. The summed E-state index contributed by atoms with van der Waals surface area (Å²) in [5.41, 5.74) is 0. The second kappa shape index (κ2) is 14.0. The molecule has 0 aliphatic heterocycles. The van der Waals surface area contributed by atoms with Gasteiger partial charge in [-0.15, -0.1) is 0 Å². The summed E-state index contributed by atoms with van der Waals surface area (Å²) in [7, 11) is 0. The first-order chi connectivity index (χ1) is 8.79. The molecule has 0 aliphatic rings. The topological polar surface area (TPSA) is 0 Å². The van der Waals surface area contributed by atoms with Crippen molar-refractivity contribution >= 4 is 8.41 Å². The van der Waals surface area contributed by atoms with Crippen LogP contribution in [0.4, 0.5) is 0 Å². The maximum absolute atomic E-state index is 3.70. The predicted octanol–water partition coefficient (Wildman–Crippen LogP) is 4.81. The monoisotopic (exact) mass is 249 g/mol. The van der Waals surface area contributed by atoms with Crippen molar-refractivity contribution < 1.29 is 0 Å². The van der Waals surface area contributed by atoms with Gasteiger partial charge in [0, 0.05) is 20.2 Å². The van der Waals surface area contributed by atoms with E-state index in [9.17, 15) is 0 Å². The van der Waals surface area contributed by atoms with E-state index >= 15 is 0 Å². The molecule has 0 rings (SSSR count). The summed E-state index contributed by atoms with van der Waals surface area (Å²) < 4.78 is 0. The van der Waals surface area contributed by atoms with Gasteiger partial charge in [-0.1, -0.05) is 99.2 Å². The molecule has 97 valence electrons. The van der Waals surface area contributed by atoms with E-state index in [1.165, 1.54) is 0 Å². The zero-order valence-corrected chi connectivity index (χ0v) is 11.5. The molecule has 0 spiro atoms. The highest BCUT2D eigenvalue weighted by Gasteiger charge is 2.09. The molecule has 0 aromatic carbocycles. The van der Waals surface area contributed by atoms with Gasteiger partial charge in [0.15, 0.2) is 0 Å². The smallest absolute Gasteiger partial charge is 0.00506 e. The van der Waals surface area contributed by atoms with Crippen molar-refractivity contribution in [2.75, 3.05) is 0 Å². The molecule has 0 aromatic rings. The van der Waals surface area contributed by atoms with Crippen molar-refractivity contribution in [1.29, 1.82) is 0 Å². The van der Waals surface area contributed by atoms with Crippen LogP contribution in [0.25, 0.3) is 0 Å². The Kier molecular flexibility index (Phi) is 14.3. The standard InChI is InChI=1S/C18H22.B/c1-5-9-13-17(14-10-6-2)18(15-11-7-3)16-12-8-4;/h5-18H,1-4H2;/b13-9+,14-10+,15-11+,16-12+;. The zero-order chi connectivity index (χ0) is 13.6. The highest BCUT2D eigenvalue weighted by atomic mass is 14.1. The quantitative estimate of drug-likeness (QED) is 0.406. The third-order valence-corrected chi connectivity index (χ3v) is 2.32. The summed E-state index contributed by atoms with van der Waals surface area (Å²) in [6.45, 7) is 14.8. The van der Waals surface area contributed by atoms with E-state index < -0.39 is 0 Å². The number of hydrogen-bond donors (Lipinski definition) is 0. The van der Waals surface area contributed by atoms with Gasteiger partial charge in [0.2, 0.25) is 0 Å². The maximum atomic E-state index is 3.70. The Morgan fingerprint density at radius 1 is 0.474 bits per heavy atom. The zero-order valence-electron chi connectivity index (χ0n) is 11.5. The van der Waals surface area contributed by atoms with E-state index in [-0.39, 0.29) is 20.2 Å². The average Bonchev–Trinajstić information content (AvgIpc) is 2.40. The van der Waals surface area contributed by atoms with Gasteiger partial charge in [0.05, 0.1) is 0 Å². The van der Waals surface area contributed by atoms with E-state index in [0.29, 0.717) is 0 Å². The third-order valence-electron chi connectivity index (χ3n) is 2.32. The van der Waals surface area contributed by atoms with E-state index in [2.05, 4.69) is 50.6 Å². The molecule has 0 amide bonds. The summed E-state index contributed by atoms with van der Waals surface area (Å²) in [4.78, 5) is 0. The Balaban J connectivity index is 0. The summed E-state index contributed by atoms with van der Waals surface area (Å²) in [5.74, 6) is 0.516. The largest absolute Gasteiger partial charge is 0.0991 e. The molecular formula is C18H22B. The molecule has 3 radical (unpaired) electrons. The lowest BCUT2D eigenvalue weighted by Gasteiger charge is -2.14. The normalized spacial score (nSPS) is 11.7. The van der Waals surface area contributed by atoms with Gasteiger partial charge in [-0.05, 0) is 0 Å². The first kappa shape index (κ1) is 19.3. The lowest BCUT2D eigenvalue weighted by Crippen LogP contribution is -2.05. The van der Waals surface area contributed by atoms with E-state index in [4.69, 9.17) is 0 Å². The van der Waals surface area contributed by atoms with Crippen LogP contribution in [0, 0.1) is 11.8 Å². The van der Waals surface area contributed by atoms with Crippen molar-refractivity contribution in [3.8, 4) is 0 Å². The second-order valence-electron chi connectivity index (χ2n) is 3.64. The molecule has 0 saturated heterocycles. The van der Waals surface area contributed by atoms with Crippen molar-refractivity contribution in [2.45, 2.75) is 0 Å². The Hall–Kier alpha value is -2.02. The molecule has 19 heavy (non-hydrogen) atoms. The minimum Gasteiger partial charge on any atom is -0.0991 e. The van der Waals surface area contributed by atoms with Crippen LogP contribution in [0.1, 0.15) is 0 Å². The van der Waals surface area contributed by atoms with Crippen LogP contribution in [-0.2, 0) is 0 Å². The average molecular weight is 249 g/mol. The van der Waals surface area contributed by atoms with Gasteiger partial charge in [-0.3, -0.25) is 0 Å². The van der Waals surface area contributed by atoms with Crippen molar-refractivity contribution in [3.05, 3.63) is 99.2 Å². The molecule has 0 N–H and O–H groups in total. The Morgan fingerprint density at radius 2 is 0.684 bits per heavy atom. The molecule has 0 fully saturated rings. The van der Waals surface area contributed by atoms with Crippen LogP contribution in [0.3, 0.4) is 0 Å². The fraction of sp³-hybridized carbons (Fsp3) is 0.111. The van der Waals surface area contributed by atoms with E-state index in [1.807, 2.05) is 24.3 Å². The van der Waals surface area contributed by atoms with Crippen molar-refractivity contribution in [1.82, 2.24) is 0 Å². The molecule has 0 nitrogen and oxygen atoms in total. The third kappa shape index (κ3) is 9.67. The van der Waals surface area contributed by atoms with Crippen LogP contribution < -0.4 is 0 Å². The van der Waals surface area contributed by atoms with Gasteiger partial charge in [0.25, 0.3) is 0 Å². The molecule has 0 atom stereocenters. The molecule has 0 aliphatic carbocycles. The highest BCUT2D eigenvalue weighted by molar-refractivity contribution is 5.75. The second-order valence-corrected chi connectivity index (χ2v) is 3.64. The molecule has 0 aromatic heterocycles. The lowest BCUT2D eigenvalue weighted by molar-refractivity contribution is 0.675. The molecule has 0 unspecified atom stereocenters. The molecule has 1 heteroatoms. The minimum atomic E-state index is 0. The maximum Gasteiger partial charge on any atom is 0.00506 e. The van der Waals surface area contributed by atoms with Crippen molar-refractivity contribution in [3.63, 3.8) is 0 Å². The lowest BCUT2D eigenvalue weighted by atomic mass is 9.90. The predicted molar refractivity (Wildman–Crippen MR) is 90.1 cm³/mol. The highest BCUT2D eigenvalue weighted by Crippen LogP contribution is 2.19. The number of rotatable bonds is 9. The summed E-state index contributed by atoms with van der Waals surface area (Å²) in [6.07, 6.45) is 23.4. The first-order valence-corrected chi connectivity index (χ1v) is 5.97. The molecule has 0 heterocycles. The number of allylic oxidation sites excluding steroid dienone is 12. The van der Waals surface area contributed by atoms with E-state index in [0.717, 1.165) is 0 Å². The first-order valence-electron chi connectivity index (χ1n) is 5.97. The van der Waals surface area contributed by atoms with Crippen LogP contribution in [-0.4, -0.2) is 8.41 Å². The summed E-state index contributed by atoms with van der Waals surface area (Å²) >= 11 is 0. The van der Waals surface area contributed by atoms with Crippen LogP contribution in [0.2, 0.25) is 0 Å². The molecule has 0 bridgehead atoms. The molecular weight excluding hydrogens is 227 g/mol. The SMILES string of the molecule is C=C/C=C/C(/C=C/C=C)C(/C=C/C=C)/C=C/C=C.[B]. The van der Waals surface area contributed by atoms with Crippen LogP contribution in [0.15, 0.2) is 99.2 Å². The van der Waals surface area contributed by atoms with E-state index in [1.54, 1.807) is 24.3 Å². The minimum absolute atomic E-state index is 0. The van der Waals surface area contributed by atoms with Crippen LogP contribution >= 0.6 is 0 Å². The van der Waals surface area contributed by atoms with Gasteiger partial charge >= 0.3 is 0 Å².